The summed E-state index contributed by atoms with van der Waals surface area (Å²) < 4.78 is 7.94. The highest BCUT2D eigenvalue weighted by Crippen LogP contribution is 2.56. The number of rotatable bonds is 3. The number of halogens is 1. The molecule has 8 heteroatoms. The number of fused-ring (bicyclic) bond motifs is 3. The molecule has 3 aliphatic rings. The first-order valence-electron chi connectivity index (χ1n) is 10.6. The van der Waals surface area contributed by atoms with Crippen molar-refractivity contribution in [1.29, 1.82) is 0 Å². The summed E-state index contributed by atoms with van der Waals surface area (Å²) >= 11 is 6.27. The fraction of sp³-hybridized carbons (Fsp3) is 0.636. The molecule has 0 bridgehead atoms. The van der Waals surface area contributed by atoms with E-state index in [1.54, 1.807) is 0 Å². The van der Waals surface area contributed by atoms with E-state index in [-0.39, 0.29) is 11.0 Å². The normalized spacial score (nSPS) is 22.7. The Morgan fingerprint density at radius 3 is 2.63 bits per heavy atom. The molecule has 2 aromatic rings. The lowest BCUT2D eigenvalue weighted by molar-refractivity contribution is -0.284. The van der Waals surface area contributed by atoms with Gasteiger partial charge in [-0.05, 0) is 69.8 Å². The third kappa shape index (κ3) is 3.56. The van der Waals surface area contributed by atoms with Crippen molar-refractivity contribution in [3.63, 3.8) is 0 Å². The number of likely N-dealkylation sites (tertiary alicyclic amines) is 1. The number of ether oxygens (including phenoxy) is 1. The van der Waals surface area contributed by atoms with Crippen molar-refractivity contribution >= 4 is 11.6 Å². The van der Waals surface area contributed by atoms with Crippen LogP contribution in [-0.4, -0.2) is 61.8 Å². The molecule has 2 aliphatic heterocycles. The van der Waals surface area contributed by atoms with Gasteiger partial charge in [-0.25, -0.2) is 0 Å². The predicted molar refractivity (Wildman–Crippen MR) is 114 cm³/mol. The van der Waals surface area contributed by atoms with Crippen LogP contribution in [0.5, 0.6) is 0 Å². The zero-order valence-corrected chi connectivity index (χ0v) is 18.9. The molecule has 1 unspecified atom stereocenters. The van der Waals surface area contributed by atoms with Crippen LogP contribution in [0, 0.1) is 5.41 Å². The third-order valence-corrected chi connectivity index (χ3v) is 6.70. The van der Waals surface area contributed by atoms with Gasteiger partial charge in [0.1, 0.15) is 5.82 Å². The molecule has 1 N–H and O–H groups in total. The van der Waals surface area contributed by atoms with Gasteiger partial charge in [0.25, 0.3) is 0 Å². The van der Waals surface area contributed by atoms with E-state index in [1.807, 2.05) is 31.7 Å². The molecule has 3 heterocycles. The van der Waals surface area contributed by atoms with E-state index in [0.29, 0.717) is 5.92 Å². The largest absolute Gasteiger partial charge is 0.356 e. The Hall–Kier alpha value is -1.51. The molecule has 1 aromatic heterocycles. The fourth-order valence-electron chi connectivity index (χ4n) is 5.24. The van der Waals surface area contributed by atoms with Gasteiger partial charge in [0.05, 0.1) is 17.8 Å². The molecule has 1 saturated carbocycles. The minimum Gasteiger partial charge on any atom is -0.356 e. The van der Waals surface area contributed by atoms with Gasteiger partial charge in [0.15, 0.2) is 5.82 Å². The zero-order valence-electron chi connectivity index (χ0n) is 18.1. The maximum atomic E-state index is 10.3. The van der Waals surface area contributed by atoms with Gasteiger partial charge in [-0.1, -0.05) is 11.6 Å². The van der Waals surface area contributed by atoms with Crippen LogP contribution in [0.4, 0.5) is 0 Å². The van der Waals surface area contributed by atoms with Crippen molar-refractivity contribution in [2.24, 2.45) is 5.41 Å². The van der Waals surface area contributed by atoms with Gasteiger partial charge in [0, 0.05) is 30.6 Å². The van der Waals surface area contributed by atoms with E-state index in [9.17, 15) is 5.11 Å². The number of hydrogen-bond donors (Lipinski definition) is 1. The molecule has 1 aliphatic carbocycles. The fourth-order valence-corrected chi connectivity index (χ4v) is 5.43. The maximum Gasteiger partial charge on any atom is 0.216 e. The summed E-state index contributed by atoms with van der Waals surface area (Å²) in [5.41, 5.74) is 2.26. The van der Waals surface area contributed by atoms with Gasteiger partial charge >= 0.3 is 0 Å². The standard InChI is InChI=1S/C22H30ClN5O2/c1-21(2,3)30-20(29)27-12-22(13-27)8-15(9-22)19-25-24-18-11-26(4)10-14-7-16(23)5-6-17(14)28(18)19/h5-7,15,20,29H,8-13H2,1-4H3. The van der Waals surface area contributed by atoms with Gasteiger partial charge in [-0.3, -0.25) is 14.4 Å². The molecule has 2 fully saturated rings. The molecular weight excluding hydrogens is 402 g/mol. The van der Waals surface area contributed by atoms with Crippen LogP contribution >= 0.6 is 11.6 Å². The number of aliphatic hydroxyl groups excluding tert-OH is 1. The second-order valence-electron chi connectivity index (χ2n) is 10.3. The van der Waals surface area contributed by atoms with Crippen molar-refractivity contribution in [2.45, 2.75) is 64.6 Å². The number of aromatic nitrogens is 3. The Kier molecular flexibility index (Phi) is 4.76. The Balaban J connectivity index is 1.32. The summed E-state index contributed by atoms with van der Waals surface area (Å²) in [4.78, 5) is 4.26. The number of nitrogens with zero attached hydrogens (tertiary/aromatic N) is 5. The van der Waals surface area contributed by atoms with Gasteiger partial charge in [0.2, 0.25) is 6.41 Å². The summed E-state index contributed by atoms with van der Waals surface area (Å²) in [6, 6.07) is 6.09. The van der Waals surface area contributed by atoms with E-state index in [1.165, 1.54) is 5.56 Å². The molecule has 1 atom stereocenters. The molecular formula is C22H30ClN5O2. The number of benzene rings is 1. The van der Waals surface area contributed by atoms with Crippen LogP contribution in [0.15, 0.2) is 18.2 Å². The highest BCUT2D eigenvalue weighted by molar-refractivity contribution is 6.30. The summed E-state index contributed by atoms with van der Waals surface area (Å²) in [6.07, 6.45) is 1.32. The summed E-state index contributed by atoms with van der Waals surface area (Å²) in [5, 5.41) is 20.2. The molecule has 5 rings (SSSR count). The van der Waals surface area contributed by atoms with Crippen LogP contribution in [0.1, 0.15) is 56.7 Å². The molecule has 7 nitrogen and oxygen atoms in total. The first kappa shape index (κ1) is 20.4. The van der Waals surface area contributed by atoms with E-state index in [4.69, 9.17) is 16.3 Å². The quantitative estimate of drug-likeness (QED) is 0.753. The highest BCUT2D eigenvalue weighted by Gasteiger charge is 2.55. The third-order valence-electron chi connectivity index (χ3n) is 6.46. The van der Waals surface area contributed by atoms with E-state index in [2.05, 4.69) is 38.8 Å². The van der Waals surface area contributed by atoms with Crippen LogP contribution in [0.3, 0.4) is 0 Å². The first-order valence-corrected chi connectivity index (χ1v) is 11.0. The SMILES string of the molecule is CN1Cc2cc(Cl)ccc2-n2c(nnc2C2CC3(C2)CN(C(O)OC(C)(C)C)C3)C1. The van der Waals surface area contributed by atoms with Crippen molar-refractivity contribution < 1.29 is 9.84 Å². The lowest BCUT2D eigenvalue weighted by atomic mass is 9.57. The van der Waals surface area contributed by atoms with Crippen LogP contribution in [-0.2, 0) is 17.8 Å². The van der Waals surface area contributed by atoms with Crippen molar-refractivity contribution in [2.75, 3.05) is 20.1 Å². The smallest absolute Gasteiger partial charge is 0.216 e. The second-order valence-corrected chi connectivity index (χ2v) is 10.8. The van der Waals surface area contributed by atoms with E-state index >= 15 is 0 Å². The Labute approximate surface area is 182 Å². The Morgan fingerprint density at radius 2 is 1.93 bits per heavy atom. The van der Waals surface area contributed by atoms with E-state index < -0.39 is 6.41 Å². The van der Waals surface area contributed by atoms with Gasteiger partial charge in [-0.15, -0.1) is 10.2 Å². The molecule has 1 aromatic carbocycles. The monoisotopic (exact) mass is 431 g/mol. The number of aliphatic hydroxyl groups is 1. The van der Waals surface area contributed by atoms with Gasteiger partial charge < -0.3 is 9.84 Å². The lowest BCUT2D eigenvalue weighted by Crippen LogP contribution is -2.65. The average Bonchev–Trinajstić information content (AvgIpc) is 2.88. The van der Waals surface area contributed by atoms with Crippen molar-refractivity contribution in [3.05, 3.63) is 40.4 Å². The first-order chi connectivity index (χ1) is 14.1. The van der Waals surface area contributed by atoms with Gasteiger partial charge in [-0.2, -0.15) is 0 Å². The Bertz CT molecular complexity index is 955. The highest BCUT2D eigenvalue weighted by atomic mass is 35.5. The minimum atomic E-state index is -0.828. The molecule has 1 saturated heterocycles. The van der Waals surface area contributed by atoms with Crippen LogP contribution < -0.4 is 0 Å². The lowest BCUT2D eigenvalue weighted by Gasteiger charge is -2.59. The molecule has 162 valence electrons. The van der Waals surface area contributed by atoms with Crippen molar-refractivity contribution in [1.82, 2.24) is 24.6 Å². The van der Waals surface area contributed by atoms with Crippen LogP contribution in [0.25, 0.3) is 5.69 Å². The minimum absolute atomic E-state index is 0.267. The Morgan fingerprint density at radius 1 is 1.20 bits per heavy atom. The molecule has 1 spiro atoms. The topological polar surface area (TPSA) is 66.7 Å². The summed E-state index contributed by atoms with van der Waals surface area (Å²) in [6.45, 7) is 9.24. The molecule has 30 heavy (non-hydrogen) atoms. The number of hydrogen-bond acceptors (Lipinski definition) is 6. The van der Waals surface area contributed by atoms with Crippen LogP contribution in [0.2, 0.25) is 5.02 Å². The second kappa shape index (κ2) is 7.00. The average molecular weight is 432 g/mol. The summed E-state index contributed by atoms with van der Waals surface area (Å²) in [7, 11) is 2.10. The summed E-state index contributed by atoms with van der Waals surface area (Å²) in [5.74, 6) is 2.43. The predicted octanol–water partition coefficient (Wildman–Crippen LogP) is 3.14. The van der Waals surface area contributed by atoms with Crippen molar-refractivity contribution in [3.8, 4) is 5.69 Å². The molecule has 0 amide bonds. The maximum absolute atomic E-state index is 10.3. The van der Waals surface area contributed by atoms with E-state index in [0.717, 1.165) is 61.4 Å². The zero-order chi connectivity index (χ0) is 21.3. The molecule has 0 radical (unpaired) electrons.